The highest BCUT2D eigenvalue weighted by molar-refractivity contribution is 6.08. The Morgan fingerprint density at radius 2 is 1.59 bits per heavy atom. The van der Waals surface area contributed by atoms with Gasteiger partial charge in [0.2, 0.25) is 11.2 Å². The average Bonchev–Trinajstić information content (AvgIpc) is 3.75. The van der Waals surface area contributed by atoms with E-state index in [2.05, 4.69) is 10.3 Å². The zero-order valence-electron chi connectivity index (χ0n) is 34.1. The Morgan fingerprint density at radius 1 is 0.803 bits per heavy atom. The van der Waals surface area contributed by atoms with E-state index in [-0.39, 0.29) is 34.9 Å². The summed E-state index contributed by atoms with van der Waals surface area (Å²) in [5, 5.41) is 19.0. The number of para-hydroxylation sites is 1. The lowest BCUT2D eigenvalue weighted by Crippen LogP contribution is -2.12. The van der Waals surface area contributed by atoms with Gasteiger partial charge in [-0.2, -0.15) is 0 Å². The lowest BCUT2D eigenvalue weighted by atomic mass is 10.1. The van der Waals surface area contributed by atoms with Crippen molar-refractivity contribution in [3.63, 3.8) is 0 Å². The summed E-state index contributed by atoms with van der Waals surface area (Å²) in [4.78, 5) is 26.1. The van der Waals surface area contributed by atoms with Gasteiger partial charge in [-0.1, -0.05) is 59.3 Å². The molecular weight excluding hydrogens is 775 g/mol. The van der Waals surface area contributed by atoms with Crippen molar-refractivity contribution < 1.29 is 38.0 Å². The van der Waals surface area contributed by atoms with Crippen molar-refractivity contribution in [1.82, 2.24) is 15.0 Å². The fraction of sp³-hybridized carbons (Fsp3) is 0.224. The minimum absolute atomic E-state index is 0.0274. The van der Waals surface area contributed by atoms with E-state index in [1.54, 1.807) is 48.2 Å². The van der Waals surface area contributed by atoms with Crippen LogP contribution in [0.2, 0.25) is 0 Å². The number of methoxy groups -OCH3 is 1. The van der Waals surface area contributed by atoms with E-state index in [1.165, 1.54) is 12.1 Å². The van der Waals surface area contributed by atoms with Crippen LogP contribution in [0, 0.1) is 6.92 Å². The molecule has 0 aliphatic carbocycles. The third-order valence-electron chi connectivity index (χ3n) is 9.76. The predicted octanol–water partition coefficient (Wildman–Crippen LogP) is 9.05. The monoisotopic (exact) mass is 821 g/mol. The van der Waals surface area contributed by atoms with Crippen molar-refractivity contribution in [2.45, 2.75) is 39.3 Å². The quantitative estimate of drug-likeness (QED) is 0.0421. The summed E-state index contributed by atoms with van der Waals surface area (Å²) in [6.45, 7) is 4.38. The number of hydrogen-bond acceptors (Lipinski definition) is 11. The summed E-state index contributed by atoms with van der Waals surface area (Å²) < 4.78 is 37.0. The maximum atomic E-state index is 13.6. The van der Waals surface area contributed by atoms with Crippen molar-refractivity contribution in [2.24, 2.45) is 0 Å². The smallest absolute Gasteiger partial charge is 0.235 e. The largest absolute Gasteiger partial charge is 0.507 e. The number of aromatic hydroxyl groups is 1. The molecule has 61 heavy (non-hydrogen) atoms. The third kappa shape index (κ3) is 11.5. The summed E-state index contributed by atoms with van der Waals surface area (Å²) in [7, 11) is 1.61. The van der Waals surface area contributed by atoms with Crippen LogP contribution >= 0.6 is 0 Å². The summed E-state index contributed by atoms with van der Waals surface area (Å²) in [6, 6.07) is 34.4. The van der Waals surface area contributed by atoms with E-state index >= 15 is 0 Å². The first-order valence-electron chi connectivity index (χ1n) is 20.1. The number of nitrogens with zero attached hydrogens (tertiary/aromatic N) is 3. The predicted molar refractivity (Wildman–Crippen MR) is 233 cm³/mol. The van der Waals surface area contributed by atoms with E-state index in [4.69, 9.17) is 28.1 Å². The van der Waals surface area contributed by atoms with Gasteiger partial charge in [0.25, 0.3) is 0 Å². The number of allylic oxidation sites excluding steroid dienone is 1. The summed E-state index contributed by atoms with van der Waals surface area (Å²) in [6.07, 6.45) is 7.66. The summed E-state index contributed by atoms with van der Waals surface area (Å²) in [5.41, 5.74) is 4.73. The van der Waals surface area contributed by atoms with E-state index in [0.717, 1.165) is 47.4 Å². The van der Waals surface area contributed by atoms with Gasteiger partial charge in [0.1, 0.15) is 41.8 Å². The number of fused-ring (bicyclic) bond motifs is 1. The van der Waals surface area contributed by atoms with Crippen LogP contribution in [0.5, 0.6) is 28.7 Å². The standard InChI is InChI=1S/C49H47N3O9/c1-34-13-23-44(53)43(30-34)45(54)24-16-35-14-19-39(20-15-35)58-26-6-5-9-38-32-52(51-50-38)25-27-57-28-29-59-40-21-17-37(18-22-40)48-49(47(55)42-11-3-4-12-46(42)61-48)60-33-36-8-7-10-41(31-36)56-2/h3-4,7-8,10-24,30-32,53H,5-6,9,25-29,33H2,1-2H3/b24-16+. The fourth-order valence-electron chi connectivity index (χ4n) is 6.49. The van der Waals surface area contributed by atoms with Gasteiger partial charge in [-0.05, 0) is 116 Å². The molecule has 0 unspecified atom stereocenters. The van der Waals surface area contributed by atoms with Crippen LogP contribution in [-0.2, 0) is 24.3 Å². The van der Waals surface area contributed by atoms with Crippen molar-refractivity contribution in [3.05, 3.63) is 166 Å². The maximum absolute atomic E-state index is 13.6. The Morgan fingerprint density at radius 3 is 2.41 bits per heavy atom. The Kier molecular flexibility index (Phi) is 14.2. The van der Waals surface area contributed by atoms with Gasteiger partial charge < -0.3 is 33.2 Å². The van der Waals surface area contributed by atoms with Gasteiger partial charge in [0.15, 0.2) is 11.5 Å². The molecule has 7 rings (SSSR count). The molecule has 12 nitrogen and oxygen atoms in total. The highest BCUT2D eigenvalue weighted by atomic mass is 16.5. The lowest BCUT2D eigenvalue weighted by molar-refractivity contribution is 0.0923. The van der Waals surface area contributed by atoms with Crippen LogP contribution in [-0.4, -0.2) is 59.4 Å². The Bertz CT molecular complexity index is 2630. The van der Waals surface area contributed by atoms with E-state index in [9.17, 15) is 14.7 Å². The maximum Gasteiger partial charge on any atom is 0.235 e. The van der Waals surface area contributed by atoms with Gasteiger partial charge in [-0.3, -0.25) is 9.59 Å². The number of unbranched alkanes of at least 4 members (excludes halogenated alkanes) is 1. The molecule has 312 valence electrons. The van der Waals surface area contributed by atoms with Crippen molar-refractivity contribution in [3.8, 4) is 40.1 Å². The third-order valence-corrected chi connectivity index (χ3v) is 9.76. The number of phenols is 1. The molecule has 5 aromatic carbocycles. The second kappa shape index (κ2) is 20.7. The molecule has 0 saturated carbocycles. The number of rotatable bonds is 21. The molecule has 2 aromatic heterocycles. The van der Waals surface area contributed by atoms with Gasteiger partial charge in [0, 0.05) is 11.8 Å². The zero-order valence-corrected chi connectivity index (χ0v) is 34.1. The molecule has 0 fully saturated rings. The average molecular weight is 822 g/mol. The van der Waals surface area contributed by atoms with Gasteiger partial charge in [0.05, 0.1) is 50.1 Å². The van der Waals surface area contributed by atoms with Crippen LogP contribution in [0.3, 0.4) is 0 Å². The summed E-state index contributed by atoms with van der Waals surface area (Å²) in [5.74, 6) is 2.31. The van der Waals surface area contributed by atoms with Crippen LogP contribution in [0.1, 0.15) is 45.6 Å². The number of carbonyl (C=O) groups excluding carboxylic acids is 1. The second-order valence-electron chi connectivity index (χ2n) is 14.3. The fourth-order valence-corrected chi connectivity index (χ4v) is 6.49. The molecule has 12 heteroatoms. The van der Waals surface area contributed by atoms with Crippen molar-refractivity contribution in [1.29, 1.82) is 0 Å². The second-order valence-corrected chi connectivity index (χ2v) is 14.3. The number of hydrogen-bond donors (Lipinski definition) is 1. The number of aryl methyl sites for hydroxylation is 2. The molecule has 0 aliphatic rings. The number of carbonyl (C=O) groups is 1. The van der Waals surface area contributed by atoms with Crippen LogP contribution in [0.15, 0.2) is 137 Å². The molecule has 0 radical (unpaired) electrons. The van der Waals surface area contributed by atoms with E-state index in [1.807, 2.05) is 92.0 Å². The highest BCUT2D eigenvalue weighted by Crippen LogP contribution is 2.33. The van der Waals surface area contributed by atoms with E-state index < -0.39 is 0 Å². The minimum atomic E-state index is -0.252. The Hall–Kier alpha value is -7.18. The number of aromatic nitrogens is 3. The molecule has 1 N–H and O–H groups in total. The summed E-state index contributed by atoms with van der Waals surface area (Å²) >= 11 is 0. The van der Waals surface area contributed by atoms with Crippen LogP contribution < -0.4 is 24.4 Å². The highest BCUT2D eigenvalue weighted by Gasteiger charge is 2.18. The number of ketones is 1. The number of phenolic OH excluding ortho intramolecular Hbond substituents is 1. The van der Waals surface area contributed by atoms with Gasteiger partial charge >= 0.3 is 0 Å². The topological polar surface area (TPSA) is 144 Å². The Labute approximate surface area is 353 Å². The first-order valence-corrected chi connectivity index (χ1v) is 20.1. The number of ether oxygens (including phenoxy) is 5. The SMILES string of the molecule is COc1cccc(COc2c(-c3ccc(OCCOCCn4cc(CCCCOc5ccc(/C=C/C(=O)c6cc(C)ccc6O)cc5)nn4)cc3)oc3ccccc3c2=O)c1. The van der Waals surface area contributed by atoms with Crippen LogP contribution in [0.25, 0.3) is 28.4 Å². The molecule has 0 bridgehead atoms. The number of benzene rings is 5. The van der Waals surface area contributed by atoms with Gasteiger partial charge in [-0.15, -0.1) is 5.10 Å². The molecule has 2 heterocycles. The Balaban J connectivity index is 0.794. The first-order chi connectivity index (χ1) is 29.8. The van der Waals surface area contributed by atoms with Gasteiger partial charge in [-0.25, -0.2) is 4.68 Å². The zero-order chi connectivity index (χ0) is 42.4. The molecule has 0 atom stereocenters. The molecule has 7 aromatic rings. The minimum Gasteiger partial charge on any atom is -0.507 e. The lowest BCUT2D eigenvalue weighted by Gasteiger charge is -2.13. The van der Waals surface area contributed by atoms with E-state index in [0.29, 0.717) is 66.8 Å². The van der Waals surface area contributed by atoms with Crippen molar-refractivity contribution >= 4 is 22.8 Å². The first kappa shape index (κ1) is 42.0. The normalized spacial score (nSPS) is 11.2. The molecule has 0 aliphatic heterocycles. The van der Waals surface area contributed by atoms with Crippen molar-refractivity contribution in [2.75, 3.05) is 33.5 Å². The van der Waals surface area contributed by atoms with Crippen LogP contribution in [0.4, 0.5) is 0 Å². The molecule has 0 amide bonds. The molecular formula is C49H47N3O9. The molecule has 0 spiro atoms. The molecule has 0 saturated heterocycles.